The predicted octanol–water partition coefficient (Wildman–Crippen LogP) is 4.14. The fraction of sp³-hybridized carbons (Fsp3) is 0.174. The normalized spacial score (nSPS) is 12.2. The summed E-state index contributed by atoms with van der Waals surface area (Å²) < 4.78 is 35.2. The van der Waals surface area contributed by atoms with Gasteiger partial charge in [0.25, 0.3) is 0 Å². The summed E-state index contributed by atoms with van der Waals surface area (Å²) in [7, 11) is -2.61. The van der Waals surface area contributed by atoms with Crippen LogP contribution >= 0.6 is 22.6 Å². The summed E-state index contributed by atoms with van der Waals surface area (Å²) >= 11 is 2.18. The molecule has 31 heavy (non-hydrogen) atoms. The zero-order chi connectivity index (χ0) is 22.4. The molecule has 0 saturated carbocycles. The molecule has 0 aliphatic carbocycles. The van der Waals surface area contributed by atoms with Crippen LogP contribution in [0, 0.1) is 10.5 Å². The molecule has 1 amide bonds. The number of hydrogen-bond acceptors (Lipinski definition) is 4. The maximum Gasteiger partial charge on any atom is 0.245 e. The average Bonchev–Trinajstić information content (AvgIpc) is 2.75. The van der Waals surface area contributed by atoms with Crippen molar-refractivity contribution in [1.29, 1.82) is 0 Å². The Morgan fingerprint density at radius 1 is 1.03 bits per heavy atom. The number of methoxy groups -OCH3 is 1. The largest absolute Gasteiger partial charge is 0.495 e. The second-order valence-electron chi connectivity index (χ2n) is 7.01. The van der Waals surface area contributed by atoms with Crippen molar-refractivity contribution >= 4 is 44.2 Å². The molecule has 3 rings (SSSR count). The van der Waals surface area contributed by atoms with Crippen LogP contribution in [0.3, 0.4) is 0 Å². The average molecular weight is 550 g/mol. The third-order valence-electron chi connectivity index (χ3n) is 4.62. The van der Waals surface area contributed by atoms with Crippen LogP contribution in [0.15, 0.2) is 77.7 Å². The zero-order valence-corrected chi connectivity index (χ0v) is 20.1. The number of carbonyl (C=O) groups is 1. The molecule has 162 valence electrons. The Bertz CT molecular complexity index is 1150. The molecule has 3 aromatic rings. The Morgan fingerprint density at radius 3 is 2.35 bits per heavy atom. The minimum Gasteiger partial charge on any atom is -0.495 e. The Kier molecular flexibility index (Phi) is 7.69. The van der Waals surface area contributed by atoms with Gasteiger partial charge in [-0.3, -0.25) is 4.79 Å². The van der Waals surface area contributed by atoms with Crippen LogP contribution in [0.2, 0.25) is 0 Å². The quantitative estimate of drug-likeness (QED) is 0.413. The number of amides is 1. The molecule has 0 aliphatic heterocycles. The van der Waals surface area contributed by atoms with Crippen LogP contribution in [0.25, 0.3) is 0 Å². The summed E-state index contributed by atoms with van der Waals surface area (Å²) in [5, 5.41) is 2.80. The molecule has 0 radical (unpaired) electrons. The van der Waals surface area contributed by atoms with E-state index in [9.17, 15) is 13.2 Å². The van der Waals surface area contributed by atoms with Gasteiger partial charge in [0.1, 0.15) is 16.7 Å². The summed E-state index contributed by atoms with van der Waals surface area (Å²) in [5.74, 6) is -0.227. The van der Waals surface area contributed by atoms with E-state index < -0.39 is 22.0 Å². The number of ether oxygens (including phenoxy) is 1. The van der Waals surface area contributed by atoms with Crippen LogP contribution in [0.5, 0.6) is 5.75 Å². The number of carbonyl (C=O) groups excluding carboxylic acids is 1. The summed E-state index contributed by atoms with van der Waals surface area (Å²) in [4.78, 5) is 13.1. The van der Waals surface area contributed by atoms with Crippen LogP contribution in [-0.4, -0.2) is 27.5 Å². The molecule has 0 unspecified atom stereocenters. The molecule has 8 heteroatoms. The molecule has 2 N–H and O–H groups in total. The van der Waals surface area contributed by atoms with Gasteiger partial charge >= 0.3 is 0 Å². The second-order valence-corrected chi connectivity index (χ2v) is 9.94. The molecule has 0 bridgehead atoms. The fourth-order valence-corrected chi connectivity index (χ4v) is 4.85. The number of benzene rings is 3. The highest BCUT2D eigenvalue weighted by Gasteiger charge is 2.28. The topological polar surface area (TPSA) is 84.5 Å². The van der Waals surface area contributed by atoms with Gasteiger partial charge in [0.05, 0.1) is 7.11 Å². The molecule has 0 spiro atoms. The lowest BCUT2D eigenvalue weighted by Gasteiger charge is -2.20. The van der Waals surface area contributed by atoms with E-state index in [1.807, 2.05) is 42.5 Å². The first-order chi connectivity index (χ1) is 14.8. The highest BCUT2D eigenvalue weighted by atomic mass is 127. The third-order valence-corrected chi connectivity index (χ3v) is 6.83. The Hall–Kier alpha value is -2.43. The number of nitrogens with one attached hydrogen (secondary N) is 2. The molecular weight excluding hydrogens is 527 g/mol. The van der Waals surface area contributed by atoms with Crippen molar-refractivity contribution in [2.75, 3.05) is 12.4 Å². The van der Waals surface area contributed by atoms with Gasteiger partial charge < -0.3 is 10.1 Å². The van der Waals surface area contributed by atoms with Gasteiger partial charge in [0.15, 0.2) is 0 Å². The molecule has 3 aromatic carbocycles. The lowest BCUT2D eigenvalue weighted by atomic mass is 10.1. The smallest absolute Gasteiger partial charge is 0.245 e. The van der Waals surface area contributed by atoms with E-state index in [2.05, 4.69) is 32.6 Å². The van der Waals surface area contributed by atoms with Gasteiger partial charge in [-0.25, -0.2) is 8.42 Å². The summed E-state index contributed by atoms with van der Waals surface area (Å²) in [6, 6.07) is 20.4. The first-order valence-electron chi connectivity index (χ1n) is 9.56. The fourth-order valence-electron chi connectivity index (χ4n) is 3.04. The van der Waals surface area contributed by atoms with Crippen molar-refractivity contribution in [2.24, 2.45) is 0 Å². The molecule has 0 aromatic heterocycles. The second kappa shape index (κ2) is 10.3. The molecule has 0 heterocycles. The number of hydrogen-bond donors (Lipinski definition) is 2. The van der Waals surface area contributed by atoms with E-state index in [4.69, 9.17) is 4.74 Å². The van der Waals surface area contributed by atoms with E-state index in [0.29, 0.717) is 5.69 Å². The van der Waals surface area contributed by atoms with Gasteiger partial charge in [-0.1, -0.05) is 36.4 Å². The lowest BCUT2D eigenvalue weighted by Crippen LogP contribution is -2.45. The number of halogens is 1. The van der Waals surface area contributed by atoms with Gasteiger partial charge in [0.2, 0.25) is 15.9 Å². The summed E-state index contributed by atoms with van der Waals surface area (Å²) in [5.41, 5.74) is 2.20. The number of rotatable bonds is 8. The van der Waals surface area contributed by atoms with E-state index in [1.54, 1.807) is 31.2 Å². The van der Waals surface area contributed by atoms with Crippen LogP contribution in [-0.2, 0) is 21.2 Å². The standard InChI is InChI=1S/C23H23IN2O4S/c1-16-8-13-21(30-2)22(14-16)31(28,29)26-20(15-17-6-4-3-5-7-17)23(27)25-19-11-9-18(24)10-12-19/h3-14,20,26H,15H2,1-2H3,(H,25,27)/t20-/m0/s1. The molecular formula is C23H23IN2O4S. The third kappa shape index (κ3) is 6.28. The van der Waals surface area contributed by atoms with E-state index in [1.165, 1.54) is 13.2 Å². The van der Waals surface area contributed by atoms with Gasteiger partial charge in [-0.2, -0.15) is 4.72 Å². The number of sulfonamides is 1. The van der Waals surface area contributed by atoms with Crippen LogP contribution in [0.1, 0.15) is 11.1 Å². The van der Waals surface area contributed by atoms with Crippen molar-refractivity contribution < 1.29 is 17.9 Å². The van der Waals surface area contributed by atoms with Crippen LogP contribution in [0.4, 0.5) is 5.69 Å². The molecule has 0 fully saturated rings. The monoisotopic (exact) mass is 550 g/mol. The van der Waals surface area contributed by atoms with Crippen molar-refractivity contribution in [3.63, 3.8) is 0 Å². The van der Waals surface area contributed by atoms with Crippen LogP contribution < -0.4 is 14.8 Å². The number of anilines is 1. The minimum absolute atomic E-state index is 0.00451. The SMILES string of the molecule is COc1ccc(C)cc1S(=O)(=O)N[C@@H](Cc1ccccc1)C(=O)Nc1ccc(I)cc1. The van der Waals surface area contributed by atoms with Crippen molar-refractivity contribution in [3.8, 4) is 5.75 Å². The highest BCUT2D eigenvalue weighted by molar-refractivity contribution is 14.1. The molecule has 6 nitrogen and oxygen atoms in total. The molecule has 1 atom stereocenters. The first kappa shape index (κ1) is 23.2. The minimum atomic E-state index is -4.03. The first-order valence-corrected chi connectivity index (χ1v) is 12.1. The molecule has 0 saturated heterocycles. The van der Waals surface area contributed by atoms with Crippen molar-refractivity contribution in [3.05, 3.63) is 87.5 Å². The Labute approximate surface area is 196 Å². The Balaban J connectivity index is 1.91. The lowest BCUT2D eigenvalue weighted by molar-refractivity contribution is -0.117. The van der Waals surface area contributed by atoms with E-state index in [-0.39, 0.29) is 17.1 Å². The highest BCUT2D eigenvalue weighted by Crippen LogP contribution is 2.25. The number of aryl methyl sites for hydroxylation is 1. The van der Waals surface area contributed by atoms with E-state index >= 15 is 0 Å². The van der Waals surface area contributed by atoms with Gasteiger partial charge in [-0.05, 0) is 83.5 Å². The summed E-state index contributed by atoms with van der Waals surface area (Å²) in [6.45, 7) is 1.80. The van der Waals surface area contributed by atoms with Crippen molar-refractivity contribution in [1.82, 2.24) is 4.72 Å². The maximum absolute atomic E-state index is 13.2. The summed E-state index contributed by atoms with van der Waals surface area (Å²) in [6.07, 6.45) is 0.199. The van der Waals surface area contributed by atoms with Gasteiger partial charge in [-0.15, -0.1) is 0 Å². The predicted molar refractivity (Wildman–Crippen MR) is 130 cm³/mol. The maximum atomic E-state index is 13.2. The zero-order valence-electron chi connectivity index (χ0n) is 17.1. The van der Waals surface area contributed by atoms with Crippen molar-refractivity contribution in [2.45, 2.75) is 24.3 Å². The Morgan fingerprint density at radius 2 is 1.71 bits per heavy atom. The van der Waals surface area contributed by atoms with Gasteiger partial charge in [0, 0.05) is 9.26 Å². The van der Waals surface area contributed by atoms with E-state index in [0.717, 1.165) is 14.7 Å². The molecule has 0 aliphatic rings.